The fraction of sp³-hybridized carbons (Fsp3) is 0.0286. The van der Waals surface area contributed by atoms with Crippen LogP contribution < -0.4 is 5.32 Å². The zero-order chi connectivity index (χ0) is 26.7. The number of rotatable bonds is 5. The van der Waals surface area contributed by atoms with Crippen LogP contribution in [0, 0.1) is 0 Å². The molecule has 1 aliphatic rings. The molecule has 2 heterocycles. The Morgan fingerprint density at radius 3 is 1.57 bits per heavy atom. The molecule has 1 aliphatic heterocycles. The van der Waals surface area contributed by atoms with Gasteiger partial charge in [-0.25, -0.2) is 19.9 Å². The van der Waals surface area contributed by atoms with E-state index in [4.69, 9.17) is 15.0 Å². The summed E-state index contributed by atoms with van der Waals surface area (Å²) in [7, 11) is 0. The first kappa shape index (κ1) is 23.7. The Kier molecular flexibility index (Phi) is 6.15. The third-order valence-electron chi connectivity index (χ3n) is 7.08. The summed E-state index contributed by atoms with van der Waals surface area (Å²) in [4.78, 5) is 18.8. The van der Waals surface area contributed by atoms with E-state index in [2.05, 4.69) is 71.0 Å². The number of hydrogen-bond donors (Lipinski definition) is 1. The number of aromatic nitrogens is 3. The van der Waals surface area contributed by atoms with Gasteiger partial charge < -0.3 is 5.32 Å². The van der Waals surface area contributed by atoms with Crippen molar-refractivity contribution in [1.82, 2.24) is 20.3 Å². The molecule has 0 saturated heterocycles. The van der Waals surface area contributed by atoms with Crippen LogP contribution in [-0.2, 0) is 0 Å². The van der Waals surface area contributed by atoms with Gasteiger partial charge in [0.05, 0.1) is 6.34 Å². The van der Waals surface area contributed by atoms with Crippen LogP contribution in [0.2, 0.25) is 0 Å². The van der Waals surface area contributed by atoms with Crippen LogP contribution in [0.5, 0.6) is 0 Å². The van der Waals surface area contributed by atoms with Gasteiger partial charge in [-0.05, 0) is 45.2 Å². The van der Waals surface area contributed by atoms with Gasteiger partial charge >= 0.3 is 0 Å². The second-order valence-electron chi connectivity index (χ2n) is 9.71. The summed E-state index contributed by atoms with van der Waals surface area (Å²) >= 11 is 0. The molecule has 0 amide bonds. The van der Waals surface area contributed by atoms with Gasteiger partial charge in [0, 0.05) is 29.4 Å². The van der Waals surface area contributed by atoms with Crippen LogP contribution in [0.1, 0.15) is 5.56 Å². The van der Waals surface area contributed by atoms with Crippen LogP contribution in [0.4, 0.5) is 0 Å². The number of aliphatic imine (C=N–C) groups is 1. The van der Waals surface area contributed by atoms with Crippen LogP contribution in [0.15, 0.2) is 133 Å². The van der Waals surface area contributed by atoms with Crippen molar-refractivity contribution in [3.8, 4) is 45.3 Å². The van der Waals surface area contributed by atoms with Gasteiger partial charge in [-0.15, -0.1) is 0 Å². The summed E-state index contributed by atoms with van der Waals surface area (Å²) in [6.07, 6.45) is 3.64. The van der Waals surface area contributed by atoms with E-state index in [1.165, 1.54) is 22.1 Å². The van der Waals surface area contributed by atoms with Gasteiger partial charge in [0.25, 0.3) is 0 Å². The minimum absolute atomic E-state index is 0.654. The number of benzene rings is 5. The highest BCUT2D eigenvalue weighted by Crippen LogP contribution is 2.30. The molecule has 1 aromatic heterocycles. The van der Waals surface area contributed by atoms with Crippen LogP contribution >= 0.6 is 0 Å². The summed E-state index contributed by atoms with van der Waals surface area (Å²) in [5.74, 6) is 1.97. The summed E-state index contributed by atoms with van der Waals surface area (Å²) < 4.78 is 0. The molecule has 0 saturated carbocycles. The fourth-order valence-corrected chi connectivity index (χ4v) is 4.94. The normalized spacial score (nSPS) is 12.7. The Morgan fingerprint density at radius 2 is 0.975 bits per heavy atom. The van der Waals surface area contributed by atoms with Crippen LogP contribution in [0.3, 0.4) is 0 Å². The lowest BCUT2D eigenvalue weighted by molar-refractivity contribution is 1.06. The lowest BCUT2D eigenvalue weighted by atomic mass is 9.97. The number of nitrogens with one attached hydrogen (secondary N) is 1. The summed E-state index contributed by atoms with van der Waals surface area (Å²) in [6.45, 7) is 0.788. The highest BCUT2D eigenvalue weighted by molar-refractivity contribution is 5.90. The van der Waals surface area contributed by atoms with Crippen molar-refractivity contribution < 1.29 is 0 Å². The Labute approximate surface area is 232 Å². The van der Waals surface area contributed by atoms with E-state index >= 15 is 0 Å². The second kappa shape index (κ2) is 10.4. The third kappa shape index (κ3) is 4.76. The highest BCUT2D eigenvalue weighted by Gasteiger charge is 2.13. The molecule has 5 aromatic carbocycles. The van der Waals surface area contributed by atoms with E-state index in [1.807, 2.05) is 66.9 Å². The van der Waals surface area contributed by atoms with E-state index in [0.717, 1.165) is 34.2 Å². The molecule has 40 heavy (non-hydrogen) atoms. The molecule has 5 heteroatoms. The third-order valence-corrected chi connectivity index (χ3v) is 7.08. The first-order chi connectivity index (χ1) is 19.8. The minimum Gasteiger partial charge on any atom is -0.372 e. The summed E-state index contributed by atoms with van der Waals surface area (Å²) in [5, 5.41) is 5.47. The SMILES string of the molecule is C1=NC=C(c2ccc(-c3ccc4ccc(-c5nc(-c6ccccc6)nc(-c6ccccc6)n5)cc4c3)cc2)CN1. The molecule has 1 N–H and O–H groups in total. The predicted octanol–water partition coefficient (Wildman–Crippen LogP) is 7.67. The molecular formula is C35H25N5. The average molecular weight is 516 g/mol. The van der Waals surface area contributed by atoms with E-state index in [1.54, 1.807) is 6.34 Å². The molecule has 0 atom stereocenters. The van der Waals surface area contributed by atoms with Crippen molar-refractivity contribution in [2.24, 2.45) is 4.99 Å². The smallest absolute Gasteiger partial charge is 0.164 e. The average Bonchev–Trinajstić information content (AvgIpc) is 3.05. The Balaban J connectivity index is 1.28. The summed E-state index contributed by atoms with van der Waals surface area (Å²) in [5.41, 5.74) is 7.56. The lowest BCUT2D eigenvalue weighted by Gasteiger charge is -2.12. The van der Waals surface area contributed by atoms with E-state index in [-0.39, 0.29) is 0 Å². The van der Waals surface area contributed by atoms with Gasteiger partial charge in [0.15, 0.2) is 17.5 Å². The van der Waals surface area contributed by atoms with E-state index in [9.17, 15) is 0 Å². The molecule has 0 spiro atoms. The predicted molar refractivity (Wildman–Crippen MR) is 164 cm³/mol. The van der Waals surface area contributed by atoms with Crippen molar-refractivity contribution in [2.75, 3.05) is 6.54 Å². The highest BCUT2D eigenvalue weighted by atomic mass is 15.0. The fourth-order valence-electron chi connectivity index (χ4n) is 4.94. The maximum atomic E-state index is 4.90. The van der Waals surface area contributed by atoms with Crippen molar-refractivity contribution >= 4 is 22.7 Å². The van der Waals surface area contributed by atoms with Crippen LogP contribution in [-0.4, -0.2) is 27.8 Å². The molecule has 190 valence electrons. The standard InChI is InChI=1S/C35H25N5/c1-3-7-27(8-4-1)33-38-34(28-9-5-2-6-10-28)40-35(39-33)30-18-16-25-15-17-29(19-31(25)20-30)24-11-13-26(14-12-24)32-21-36-23-37-22-32/h1-21,23H,22H2,(H,36,37). The molecule has 0 unspecified atom stereocenters. The molecule has 0 bridgehead atoms. The number of nitrogens with zero attached hydrogens (tertiary/aromatic N) is 4. The molecule has 6 aromatic rings. The molecular weight excluding hydrogens is 490 g/mol. The largest absolute Gasteiger partial charge is 0.372 e. The first-order valence-corrected chi connectivity index (χ1v) is 13.3. The number of hydrogen-bond acceptors (Lipinski definition) is 5. The Hall–Kier alpha value is -5.42. The zero-order valence-corrected chi connectivity index (χ0v) is 21.7. The minimum atomic E-state index is 0.654. The van der Waals surface area contributed by atoms with E-state index in [0.29, 0.717) is 17.5 Å². The Morgan fingerprint density at radius 1 is 0.450 bits per heavy atom. The van der Waals surface area contributed by atoms with Gasteiger partial charge in [0.2, 0.25) is 0 Å². The van der Waals surface area contributed by atoms with Gasteiger partial charge in [-0.2, -0.15) is 0 Å². The lowest BCUT2D eigenvalue weighted by Crippen LogP contribution is -2.16. The zero-order valence-electron chi connectivity index (χ0n) is 21.7. The molecule has 0 radical (unpaired) electrons. The van der Waals surface area contributed by atoms with Crippen molar-refractivity contribution in [1.29, 1.82) is 0 Å². The maximum Gasteiger partial charge on any atom is 0.164 e. The quantitative estimate of drug-likeness (QED) is 0.256. The summed E-state index contributed by atoms with van der Waals surface area (Å²) in [6, 6.07) is 41.7. The molecule has 0 aliphatic carbocycles. The van der Waals surface area contributed by atoms with Gasteiger partial charge in [-0.1, -0.05) is 109 Å². The van der Waals surface area contributed by atoms with E-state index < -0.39 is 0 Å². The molecule has 0 fully saturated rings. The number of fused-ring (bicyclic) bond motifs is 1. The van der Waals surface area contributed by atoms with Crippen LogP contribution in [0.25, 0.3) is 61.6 Å². The van der Waals surface area contributed by atoms with Crippen molar-refractivity contribution in [3.63, 3.8) is 0 Å². The van der Waals surface area contributed by atoms with Crippen molar-refractivity contribution in [2.45, 2.75) is 0 Å². The topological polar surface area (TPSA) is 63.1 Å². The van der Waals surface area contributed by atoms with Gasteiger partial charge in [0.1, 0.15) is 0 Å². The Bertz CT molecular complexity index is 1820. The maximum absolute atomic E-state index is 4.90. The second-order valence-corrected chi connectivity index (χ2v) is 9.71. The van der Waals surface area contributed by atoms with Crippen molar-refractivity contribution in [3.05, 3.63) is 133 Å². The van der Waals surface area contributed by atoms with Gasteiger partial charge in [-0.3, -0.25) is 0 Å². The first-order valence-electron chi connectivity index (χ1n) is 13.3. The molecule has 7 rings (SSSR count). The molecule has 5 nitrogen and oxygen atoms in total. The monoisotopic (exact) mass is 515 g/mol.